The van der Waals surface area contributed by atoms with Crippen LogP contribution in [0.15, 0.2) is 30.3 Å². The van der Waals surface area contributed by atoms with Gasteiger partial charge in [0.25, 0.3) is 5.91 Å². The molecule has 5 heteroatoms. The SMILES string of the molecule is Cc1nc(-c2ccccc2)sc1C(=O)N1CCCC(C(C)O)C1. The summed E-state index contributed by atoms with van der Waals surface area (Å²) in [6.45, 7) is 5.10. The Hall–Kier alpha value is -1.72. The van der Waals surface area contributed by atoms with E-state index < -0.39 is 0 Å². The van der Waals surface area contributed by atoms with Crippen LogP contribution in [0.5, 0.6) is 0 Å². The number of hydrogen-bond donors (Lipinski definition) is 1. The summed E-state index contributed by atoms with van der Waals surface area (Å²) in [4.78, 5) is 20.0. The van der Waals surface area contributed by atoms with E-state index in [1.165, 1.54) is 11.3 Å². The van der Waals surface area contributed by atoms with Crippen molar-refractivity contribution in [1.82, 2.24) is 9.88 Å². The molecule has 1 amide bonds. The van der Waals surface area contributed by atoms with Crippen LogP contribution < -0.4 is 0 Å². The number of amides is 1. The number of aromatic nitrogens is 1. The highest BCUT2D eigenvalue weighted by Crippen LogP contribution is 2.30. The first-order valence-corrected chi connectivity index (χ1v) is 8.88. The van der Waals surface area contributed by atoms with E-state index in [1.54, 1.807) is 0 Å². The van der Waals surface area contributed by atoms with Gasteiger partial charge < -0.3 is 10.0 Å². The lowest BCUT2D eigenvalue weighted by molar-refractivity contribution is 0.0469. The van der Waals surface area contributed by atoms with Gasteiger partial charge in [0, 0.05) is 24.6 Å². The van der Waals surface area contributed by atoms with Gasteiger partial charge in [0.2, 0.25) is 0 Å². The Bertz CT molecular complexity index is 682. The Morgan fingerprint density at radius 3 is 2.83 bits per heavy atom. The maximum absolute atomic E-state index is 12.8. The third-order valence-corrected chi connectivity index (χ3v) is 5.63. The van der Waals surface area contributed by atoms with Crippen LogP contribution in [0.25, 0.3) is 10.6 Å². The fourth-order valence-corrected chi connectivity index (χ4v) is 4.07. The van der Waals surface area contributed by atoms with Gasteiger partial charge in [0.15, 0.2) is 0 Å². The number of carbonyl (C=O) groups excluding carboxylic acids is 1. The van der Waals surface area contributed by atoms with Crippen molar-refractivity contribution in [1.29, 1.82) is 0 Å². The minimum atomic E-state index is -0.368. The van der Waals surface area contributed by atoms with E-state index in [0.717, 1.165) is 40.5 Å². The number of thiazole rings is 1. The first kappa shape index (κ1) is 16.1. The zero-order valence-electron chi connectivity index (χ0n) is 13.5. The third kappa shape index (κ3) is 3.46. The van der Waals surface area contributed by atoms with Gasteiger partial charge in [0.1, 0.15) is 9.88 Å². The van der Waals surface area contributed by atoms with E-state index in [0.29, 0.717) is 6.54 Å². The zero-order valence-corrected chi connectivity index (χ0v) is 14.3. The zero-order chi connectivity index (χ0) is 16.4. The van der Waals surface area contributed by atoms with Crippen molar-refractivity contribution in [3.05, 3.63) is 40.9 Å². The lowest BCUT2D eigenvalue weighted by Gasteiger charge is -2.34. The maximum Gasteiger partial charge on any atom is 0.265 e. The Balaban J connectivity index is 1.81. The molecule has 122 valence electrons. The van der Waals surface area contributed by atoms with Gasteiger partial charge >= 0.3 is 0 Å². The summed E-state index contributed by atoms with van der Waals surface area (Å²) in [6, 6.07) is 9.95. The topological polar surface area (TPSA) is 53.4 Å². The minimum Gasteiger partial charge on any atom is -0.393 e. The lowest BCUT2D eigenvalue weighted by atomic mass is 9.93. The highest BCUT2D eigenvalue weighted by atomic mass is 32.1. The molecule has 0 radical (unpaired) electrons. The number of rotatable bonds is 3. The average molecular weight is 330 g/mol. The van der Waals surface area contributed by atoms with Crippen molar-refractivity contribution in [2.24, 2.45) is 5.92 Å². The largest absolute Gasteiger partial charge is 0.393 e. The average Bonchev–Trinajstić information content (AvgIpc) is 2.97. The second-order valence-corrected chi connectivity index (χ2v) is 7.19. The van der Waals surface area contributed by atoms with Gasteiger partial charge in [0.05, 0.1) is 11.8 Å². The van der Waals surface area contributed by atoms with Crippen LogP contribution in [0.3, 0.4) is 0 Å². The molecule has 0 bridgehead atoms. The second-order valence-electron chi connectivity index (χ2n) is 6.19. The van der Waals surface area contributed by atoms with Crippen LogP contribution in [0.2, 0.25) is 0 Å². The summed E-state index contributed by atoms with van der Waals surface area (Å²) in [6.07, 6.45) is 1.57. The normalized spacial score (nSPS) is 19.6. The summed E-state index contributed by atoms with van der Waals surface area (Å²) in [7, 11) is 0. The highest BCUT2D eigenvalue weighted by Gasteiger charge is 2.29. The number of benzene rings is 1. The molecule has 0 aliphatic carbocycles. The predicted molar refractivity (Wildman–Crippen MR) is 92.6 cm³/mol. The Kier molecular flexibility index (Phi) is 4.78. The van der Waals surface area contributed by atoms with Crippen LogP contribution in [0.4, 0.5) is 0 Å². The molecule has 2 unspecified atom stereocenters. The number of aryl methyl sites for hydroxylation is 1. The van der Waals surface area contributed by atoms with Crippen molar-refractivity contribution in [3.8, 4) is 10.6 Å². The number of aliphatic hydroxyl groups is 1. The lowest BCUT2D eigenvalue weighted by Crippen LogP contribution is -2.42. The first-order valence-electron chi connectivity index (χ1n) is 8.06. The summed E-state index contributed by atoms with van der Waals surface area (Å²) in [5.41, 5.74) is 1.83. The Morgan fingerprint density at radius 1 is 1.39 bits per heavy atom. The van der Waals surface area contributed by atoms with E-state index in [1.807, 2.05) is 49.1 Å². The van der Waals surface area contributed by atoms with E-state index in [2.05, 4.69) is 4.98 Å². The molecular formula is C18H22N2O2S. The van der Waals surface area contributed by atoms with E-state index in [4.69, 9.17) is 0 Å². The number of hydrogen-bond acceptors (Lipinski definition) is 4. The molecule has 2 heterocycles. The van der Waals surface area contributed by atoms with E-state index in [9.17, 15) is 9.90 Å². The third-order valence-electron chi connectivity index (χ3n) is 4.44. The van der Waals surface area contributed by atoms with Crippen molar-refractivity contribution < 1.29 is 9.90 Å². The summed E-state index contributed by atoms with van der Waals surface area (Å²) in [5, 5.41) is 10.7. The molecule has 23 heavy (non-hydrogen) atoms. The van der Waals surface area contributed by atoms with Crippen LogP contribution in [0, 0.1) is 12.8 Å². The molecule has 1 aromatic carbocycles. The first-order chi connectivity index (χ1) is 11.1. The molecule has 4 nitrogen and oxygen atoms in total. The second kappa shape index (κ2) is 6.81. The Morgan fingerprint density at radius 2 is 2.13 bits per heavy atom. The molecule has 1 saturated heterocycles. The van der Waals surface area contributed by atoms with Crippen LogP contribution in [-0.4, -0.2) is 40.1 Å². The number of likely N-dealkylation sites (tertiary alicyclic amines) is 1. The predicted octanol–water partition coefficient (Wildman–Crippen LogP) is 3.35. The molecule has 1 aliphatic rings. The van der Waals surface area contributed by atoms with Crippen molar-refractivity contribution >= 4 is 17.2 Å². The molecule has 1 N–H and O–H groups in total. The summed E-state index contributed by atoms with van der Waals surface area (Å²) < 4.78 is 0. The number of aliphatic hydroxyl groups excluding tert-OH is 1. The smallest absolute Gasteiger partial charge is 0.265 e. The van der Waals surface area contributed by atoms with Crippen molar-refractivity contribution in [3.63, 3.8) is 0 Å². The minimum absolute atomic E-state index is 0.0486. The van der Waals surface area contributed by atoms with Crippen molar-refractivity contribution in [2.75, 3.05) is 13.1 Å². The van der Waals surface area contributed by atoms with Gasteiger partial charge in [-0.3, -0.25) is 4.79 Å². The molecule has 1 aliphatic heterocycles. The van der Waals surface area contributed by atoms with Crippen LogP contribution >= 0.6 is 11.3 Å². The quantitative estimate of drug-likeness (QED) is 0.939. The Labute approximate surface area is 140 Å². The number of piperidine rings is 1. The molecule has 2 aromatic rings. The fourth-order valence-electron chi connectivity index (χ4n) is 3.03. The number of carbonyl (C=O) groups is 1. The van der Waals surface area contributed by atoms with Crippen LogP contribution in [0.1, 0.15) is 35.1 Å². The summed E-state index contributed by atoms with van der Waals surface area (Å²) in [5.74, 6) is 0.224. The standard InChI is InChI=1S/C18H22N2O2S/c1-12-16(23-17(19-12)14-7-4-3-5-8-14)18(22)20-10-6-9-15(11-20)13(2)21/h3-5,7-8,13,15,21H,6,9-11H2,1-2H3. The molecular weight excluding hydrogens is 308 g/mol. The number of nitrogens with zero attached hydrogens (tertiary/aromatic N) is 2. The molecule has 1 fully saturated rings. The molecule has 0 spiro atoms. The van der Waals surface area contributed by atoms with Gasteiger partial charge in [-0.05, 0) is 26.7 Å². The molecule has 2 atom stereocenters. The summed E-state index contributed by atoms with van der Waals surface area (Å²) >= 11 is 1.46. The van der Waals surface area contributed by atoms with Gasteiger partial charge in [-0.2, -0.15) is 0 Å². The molecule has 3 rings (SSSR count). The maximum atomic E-state index is 12.8. The van der Waals surface area contributed by atoms with Crippen molar-refractivity contribution in [2.45, 2.75) is 32.8 Å². The van der Waals surface area contributed by atoms with E-state index >= 15 is 0 Å². The monoisotopic (exact) mass is 330 g/mol. The van der Waals surface area contributed by atoms with Gasteiger partial charge in [-0.15, -0.1) is 11.3 Å². The van der Waals surface area contributed by atoms with Crippen LogP contribution in [-0.2, 0) is 0 Å². The van der Waals surface area contributed by atoms with Gasteiger partial charge in [-0.1, -0.05) is 30.3 Å². The molecule has 1 aromatic heterocycles. The van der Waals surface area contributed by atoms with Gasteiger partial charge in [-0.25, -0.2) is 4.98 Å². The van der Waals surface area contributed by atoms with E-state index in [-0.39, 0.29) is 17.9 Å². The highest BCUT2D eigenvalue weighted by molar-refractivity contribution is 7.17. The fraction of sp³-hybridized carbons (Fsp3) is 0.444. The molecule has 0 saturated carbocycles.